The van der Waals surface area contributed by atoms with Crippen LogP contribution in [0, 0.1) is 5.82 Å². The van der Waals surface area contributed by atoms with Crippen molar-refractivity contribution in [1.82, 2.24) is 15.1 Å². The first-order valence-corrected chi connectivity index (χ1v) is 7.30. The van der Waals surface area contributed by atoms with Crippen molar-refractivity contribution in [3.05, 3.63) is 89.5 Å². The van der Waals surface area contributed by atoms with Gasteiger partial charge in [-0.25, -0.2) is 4.39 Å². The minimum absolute atomic E-state index is 0.287. The number of carbonyl (C=O) groups excluding carboxylic acids is 1. The SMILES string of the molecule is O=C(NCc1ccc(Cn2cccn2)cc1)c1cccc(F)c1. The van der Waals surface area contributed by atoms with Crippen molar-refractivity contribution in [3.63, 3.8) is 0 Å². The van der Waals surface area contributed by atoms with E-state index in [2.05, 4.69) is 10.4 Å². The molecule has 0 bridgehead atoms. The summed E-state index contributed by atoms with van der Waals surface area (Å²) in [4.78, 5) is 12.0. The van der Waals surface area contributed by atoms with Gasteiger partial charge in [0.1, 0.15) is 5.82 Å². The Morgan fingerprint density at radius 2 is 1.87 bits per heavy atom. The predicted octanol–water partition coefficient (Wildman–Crippen LogP) is 3.00. The van der Waals surface area contributed by atoms with Crippen molar-refractivity contribution in [3.8, 4) is 0 Å². The summed E-state index contributed by atoms with van der Waals surface area (Å²) in [5, 5.41) is 6.95. The molecule has 0 saturated heterocycles. The molecule has 1 heterocycles. The van der Waals surface area contributed by atoms with E-state index in [4.69, 9.17) is 0 Å². The summed E-state index contributed by atoms with van der Waals surface area (Å²) in [5.74, 6) is -0.703. The Morgan fingerprint density at radius 3 is 2.57 bits per heavy atom. The Morgan fingerprint density at radius 1 is 1.09 bits per heavy atom. The van der Waals surface area contributed by atoms with Crippen LogP contribution in [0.25, 0.3) is 0 Å². The monoisotopic (exact) mass is 309 g/mol. The second kappa shape index (κ2) is 6.87. The molecule has 4 nitrogen and oxygen atoms in total. The summed E-state index contributed by atoms with van der Waals surface area (Å²) < 4.78 is 15.0. The van der Waals surface area contributed by atoms with Gasteiger partial charge in [-0.3, -0.25) is 9.48 Å². The summed E-state index contributed by atoms with van der Waals surface area (Å²) >= 11 is 0. The van der Waals surface area contributed by atoms with Crippen molar-refractivity contribution < 1.29 is 9.18 Å². The Balaban J connectivity index is 1.57. The Bertz CT molecular complexity index is 782. The van der Waals surface area contributed by atoms with Crippen LogP contribution in [0.2, 0.25) is 0 Å². The molecule has 1 aromatic heterocycles. The molecular formula is C18H16FN3O. The molecule has 0 fully saturated rings. The minimum atomic E-state index is -0.416. The molecule has 0 saturated carbocycles. The molecule has 1 amide bonds. The summed E-state index contributed by atoms with van der Waals surface area (Å²) in [5.41, 5.74) is 2.44. The maximum absolute atomic E-state index is 13.1. The van der Waals surface area contributed by atoms with Crippen LogP contribution in [0.15, 0.2) is 67.0 Å². The number of nitrogens with one attached hydrogen (secondary N) is 1. The molecule has 2 aromatic carbocycles. The van der Waals surface area contributed by atoms with Crippen LogP contribution in [0.5, 0.6) is 0 Å². The predicted molar refractivity (Wildman–Crippen MR) is 85.3 cm³/mol. The van der Waals surface area contributed by atoms with E-state index in [-0.39, 0.29) is 5.91 Å². The highest BCUT2D eigenvalue weighted by Crippen LogP contribution is 2.07. The van der Waals surface area contributed by atoms with Gasteiger partial charge in [0.25, 0.3) is 5.91 Å². The molecular weight excluding hydrogens is 293 g/mol. The van der Waals surface area contributed by atoms with Gasteiger partial charge in [-0.2, -0.15) is 5.10 Å². The van der Waals surface area contributed by atoms with Crippen molar-refractivity contribution in [1.29, 1.82) is 0 Å². The quantitative estimate of drug-likeness (QED) is 0.787. The molecule has 0 unspecified atom stereocenters. The number of hydrogen-bond donors (Lipinski definition) is 1. The van der Waals surface area contributed by atoms with Crippen LogP contribution >= 0.6 is 0 Å². The van der Waals surface area contributed by atoms with Crippen LogP contribution < -0.4 is 5.32 Å². The highest BCUT2D eigenvalue weighted by Gasteiger charge is 2.06. The standard InChI is InChI=1S/C18H16FN3O/c19-17-4-1-3-16(11-17)18(23)20-12-14-5-7-15(8-6-14)13-22-10-2-9-21-22/h1-11H,12-13H2,(H,20,23). The first-order valence-electron chi connectivity index (χ1n) is 7.30. The third-order valence-corrected chi connectivity index (χ3v) is 3.47. The first kappa shape index (κ1) is 15.0. The van der Waals surface area contributed by atoms with Gasteiger partial charge in [-0.05, 0) is 35.4 Å². The average molecular weight is 309 g/mol. The minimum Gasteiger partial charge on any atom is -0.348 e. The number of halogens is 1. The fraction of sp³-hybridized carbons (Fsp3) is 0.111. The summed E-state index contributed by atoms with van der Waals surface area (Å²) in [6, 6.07) is 15.5. The lowest BCUT2D eigenvalue weighted by atomic mass is 10.1. The van der Waals surface area contributed by atoms with E-state index in [9.17, 15) is 9.18 Å². The number of benzene rings is 2. The van der Waals surface area contributed by atoms with Crippen molar-refractivity contribution in [2.75, 3.05) is 0 Å². The van der Waals surface area contributed by atoms with Gasteiger partial charge in [0.2, 0.25) is 0 Å². The van der Waals surface area contributed by atoms with Gasteiger partial charge < -0.3 is 5.32 Å². The molecule has 3 rings (SSSR count). The summed E-state index contributed by atoms with van der Waals surface area (Å²) in [7, 11) is 0. The largest absolute Gasteiger partial charge is 0.348 e. The van der Waals surface area contributed by atoms with Crippen molar-refractivity contribution >= 4 is 5.91 Å². The van der Waals surface area contributed by atoms with E-state index in [1.165, 1.54) is 18.2 Å². The smallest absolute Gasteiger partial charge is 0.251 e. The number of aromatic nitrogens is 2. The fourth-order valence-corrected chi connectivity index (χ4v) is 2.26. The van der Waals surface area contributed by atoms with Crippen molar-refractivity contribution in [2.45, 2.75) is 13.1 Å². The number of carbonyl (C=O) groups is 1. The van der Waals surface area contributed by atoms with Crippen LogP contribution in [0.3, 0.4) is 0 Å². The number of rotatable bonds is 5. The lowest BCUT2D eigenvalue weighted by Crippen LogP contribution is -2.22. The second-order valence-electron chi connectivity index (χ2n) is 5.21. The highest BCUT2D eigenvalue weighted by atomic mass is 19.1. The van der Waals surface area contributed by atoms with E-state index >= 15 is 0 Å². The van der Waals surface area contributed by atoms with Gasteiger partial charge in [-0.1, -0.05) is 30.3 Å². The number of hydrogen-bond acceptors (Lipinski definition) is 2. The van der Waals surface area contributed by atoms with Gasteiger partial charge in [0.15, 0.2) is 0 Å². The van der Waals surface area contributed by atoms with Crippen LogP contribution in [0.1, 0.15) is 21.5 Å². The van der Waals surface area contributed by atoms with Crippen LogP contribution in [0.4, 0.5) is 4.39 Å². The highest BCUT2D eigenvalue weighted by molar-refractivity contribution is 5.94. The van der Waals surface area contributed by atoms with Crippen LogP contribution in [-0.2, 0) is 13.1 Å². The first-order chi connectivity index (χ1) is 11.2. The molecule has 116 valence electrons. The Hall–Kier alpha value is -2.95. The molecule has 0 atom stereocenters. The lowest BCUT2D eigenvalue weighted by Gasteiger charge is -2.07. The number of amides is 1. The maximum atomic E-state index is 13.1. The zero-order valence-corrected chi connectivity index (χ0v) is 12.4. The van der Waals surface area contributed by atoms with Gasteiger partial charge in [0, 0.05) is 24.5 Å². The van der Waals surface area contributed by atoms with E-state index in [0.29, 0.717) is 18.7 Å². The molecule has 0 aliphatic heterocycles. The molecule has 1 N–H and O–H groups in total. The maximum Gasteiger partial charge on any atom is 0.251 e. The van der Waals surface area contributed by atoms with E-state index in [1.54, 1.807) is 12.3 Å². The van der Waals surface area contributed by atoms with E-state index in [1.807, 2.05) is 41.2 Å². The van der Waals surface area contributed by atoms with E-state index < -0.39 is 5.82 Å². The van der Waals surface area contributed by atoms with Gasteiger partial charge in [0.05, 0.1) is 6.54 Å². The molecule has 3 aromatic rings. The van der Waals surface area contributed by atoms with Crippen molar-refractivity contribution in [2.24, 2.45) is 0 Å². The average Bonchev–Trinajstić information content (AvgIpc) is 3.07. The lowest BCUT2D eigenvalue weighted by molar-refractivity contribution is 0.0950. The third-order valence-electron chi connectivity index (χ3n) is 3.47. The van der Waals surface area contributed by atoms with E-state index in [0.717, 1.165) is 11.1 Å². The van der Waals surface area contributed by atoms with Gasteiger partial charge in [-0.15, -0.1) is 0 Å². The molecule has 0 spiro atoms. The Kier molecular flexibility index (Phi) is 4.47. The number of nitrogens with zero attached hydrogens (tertiary/aromatic N) is 2. The van der Waals surface area contributed by atoms with Crippen LogP contribution in [-0.4, -0.2) is 15.7 Å². The fourth-order valence-electron chi connectivity index (χ4n) is 2.26. The molecule has 0 radical (unpaired) electrons. The normalized spacial score (nSPS) is 10.5. The zero-order valence-electron chi connectivity index (χ0n) is 12.4. The second-order valence-corrected chi connectivity index (χ2v) is 5.21. The molecule has 5 heteroatoms. The molecule has 23 heavy (non-hydrogen) atoms. The third kappa shape index (κ3) is 4.03. The molecule has 0 aliphatic rings. The Labute approximate surface area is 133 Å². The topological polar surface area (TPSA) is 46.9 Å². The summed E-state index contributed by atoms with van der Waals surface area (Å²) in [6.07, 6.45) is 3.66. The zero-order chi connectivity index (χ0) is 16.1. The van der Waals surface area contributed by atoms with Gasteiger partial charge >= 0.3 is 0 Å². The molecule has 0 aliphatic carbocycles. The summed E-state index contributed by atoms with van der Waals surface area (Å²) in [6.45, 7) is 1.11.